The summed E-state index contributed by atoms with van der Waals surface area (Å²) in [4.78, 5) is 26.0. The van der Waals surface area contributed by atoms with Gasteiger partial charge in [0.25, 0.3) is 0 Å². The molecule has 0 radical (unpaired) electrons. The molecule has 0 unspecified atom stereocenters. The summed E-state index contributed by atoms with van der Waals surface area (Å²) in [6, 6.07) is 17.6. The highest BCUT2D eigenvalue weighted by Gasteiger charge is 2.25. The number of imidazole rings is 1. The molecule has 3 N–H and O–H groups in total. The van der Waals surface area contributed by atoms with E-state index in [9.17, 15) is 4.79 Å². The first-order valence-electron chi connectivity index (χ1n) is 9.53. The van der Waals surface area contributed by atoms with Crippen LogP contribution in [0.3, 0.4) is 0 Å². The van der Waals surface area contributed by atoms with Gasteiger partial charge in [0, 0.05) is 34.6 Å². The van der Waals surface area contributed by atoms with Crippen molar-refractivity contribution in [1.82, 2.24) is 19.5 Å². The fraction of sp³-hybridized carbons (Fsp3) is 0.0435. The summed E-state index contributed by atoms with van der Waals surface area (Å²) in [5.41, 5.74) is 11.5. The van der Waals surface area contributed by atoms with E-state index in [1.54, 1.807) is 0 Å². The summed E-state index contributed by atoms with van der Waals surface area (Å²) in [5.74, 6) is 0.981. The molecule has 0 saturated carbocycles. The van der Waals surface area contributed by atoms with Gasteiger partial charge in [-0.3, -0.25) is 9.36 Å². The molecule has 7 heteroatoms. The summed E-state index contributed by atoms with van der Waals surface area (Å²) < 4.78 is 1.84. The van der Waals surface area contributed by atoms with Crippen molar-refractivity contribution in [3.8, 4) is 11.1 Å². The van der Waals surface area contributed by atoms with E-state index in [1.807, 2.05) is 60.1 Å². The largest absolute Gasteiger partial charge is 0.382 e. The molecule has 0 amide bonds. The van der Waals surface area contributed by atoms with Crippen molar-refractivity contribution in [1.29, 1.82) is 0 Å². The fourth-order valence-corrected chi connectivity index (χ4v) is 4.24. The third-order valence-corrected chi connectivity index (χ3v) is 5.68. The molecule has 0 aliphatic heterocycles. The standard InChI is InChI=1S/C23H16N6O/c1-29-22-19(21(24)25-11-26-22)28-23(29)27-17-10-9-13-12-5-2-3-6-14(12)20(30)16-8-4-7-15(17)18(13)16/h2-11H,1H3,(H,27,28)(H2,24,25,26). The summed E-state index contributed by atoms with van der Waals surface area (Å²) in [6.07, 6.45) is 1.43. The minimum atomic E-state index is 0.0478. The molecule has 6 rings (SSSR count). The maximum Gasteiger partial charge on any atom is 0.209 e. The van der Waals surface area contributed by atoms with Gasteiger partial charge in [-0.2, -0.15) is 0 Å². The topological polar surface area (TPSA) is 98.7 Å². The number of aromatic nitrogens is 4. The molecule has 0 atom stereocenters. The Labute approximate surface area is 171 Å². The molecule has 2 heterocycles. The van der Waals surface area contributed by atoms with E-state index in [0.29, 0.717) is 28.5 Å². The average molecular weight is 392 g/mol. The number of hydrogen-bond donors (Lipinski definition) is 2. The van der Waals surface area contributed by atoms with Gasteiger partial charge in [-0.25, -0.2) is 15.0 Å². The smallest absolute Gasteiger partial charge is 0.209 e. The summed E-state index contributed by atoms with van der Waals surface area (Å²) in [5, 5.41) is 5.30. The predicted molar refractivity (Wildman–Crippen MR) is 117 cm³/mol. The zero-order chi connectivity index (χ0) is 20.4. The maximum absolute atomic E-state index is 13.1. The second kappa shape index (κ2) is 5.87. The van der Waals surface area contributed by atoms with Gasteiger partial charge >= 0.3 is 0 Å². The van der Waals surface area contributed by atoms with E-state index in [0.717, 1.165) is 33.2 Å². The number of nitrogen functional groups attached to an aromatic ring is 1. The quantitative estimate of drug-likeness (QED) is 0.461. The van der Waals surface area contributed by atoms with Crippen LogP contribution in [0.25, 0.3) is 33.1 Å². The Balaban J connectivity index is 1.57. The minimum Gasteiger partial charge on any atom is -0.382 e. The van der Waals surface area contributed by atoms with Crippen LogP contribution in [0.15, 0.2) is 60.9 Å². The number of carbonyl (C=O) groups excluding carboxylic acids is 1. The number of nitrogens with zero attached hydrogens (tertiary/aromatic N) is 4. The molecular formula is C23H16N6O. The van der Waals surface area contributed by atoms with Gasteiger partial charge in [0.15, 0.2) is 22.8 Å². The van der Waals surface area contributed by atoms with Crippen molar-refractivity contribution in [2.24, 2.45) is 7.05 Å². The van der Waals surface area contributed by atoms with E-state index >= 15 is 0 Å². The first-order valence-corrected chi connectivity index (χ1v) is 9.53. The molecule has 0 spiro atoms. The van der Waals surface area contributed by atoms with Crippen molar-refractivity contribution in [2.75, 3.05) is 11.1 Å². The average Bonchev–Trinajstić information content (AvgIpc) is 3.09. The molecular weight excluding hydrogens is 376 g/mol. The molecule has 1 aliphatic carbocycles. The number of ketones is 1. The SMILES string of the molecule is Cn1c(Nc2ccc3c4c(cccc24)C(=O)c2ccccc2-3)nc2c(N)ncnc21. The van der Waals surface area contributed by atoms with Gasteiger partial charge < -0.3 is 11.1 Å². The molecule has 0 saturated heterocycles. The number of fused-ring (bicyclic) bond motifs is 3. The second-order valence-corrected chi connectivity index (χ2v) is 7.31. The maximum atomic E-state index is 13.1. The van der Waals surface area contributed by atoms with Crippen molar-refractivity contribution in [3.63, 3.8) is 0 Å². The van der Waals surface area contributed by atoms with E-state index < -0.39 is 0 Å². The second-order valence-electron chi connectivity index (χ2n) is 7.31. The first-order chi connectivity index (χ1) is 14.6. The van der Waals surface area contributed by atoms with Crippen molar-refractivity contribution >= 4 is 45.2 Å². The zero-order valence-corrected chi connectivity index (χ0v) is 16.0. The Morgan fingerprint density at radius 1 is 0.900 bits per heavy atom. The lowest BCUT2D eigenvalue weighted by Gasteiger charge is -2.21. The molecule has 3 aromatic carbocycles. The van der Waals surface area contributed by atoms with Crippen molar-refractivity contribution in [3.05, 3.63) is 72.1 Å². The number of anilines is 3. The molecule has 144 valence electrons. The van der Waals surface area contributed by atoms with E-state index in [2.05, 4.69) is 26.3 Å². The number of nitrogens with one attached hydrogen (secondary N) is 1. The first kappa shape index (κ1) is 16.7. The summed E-state index contributed by atoms with van der Waals surface area (Å²) >= 11 is 0. The Kier molecular flexibility index (Phi) is 3.26. The zero-order valence-electron chi connectivity index (χ0n) is 16.0. The lowest BCUT2D eigenvalue weighted by atomic mass is 9.82. The number of benzene rings is 3. The molecule has 2 aromatic heterocycles. The highest BCUT2D eigenvalue weighted by atomic mass is 16.1. The number of aryl methyl sites for hydroxylation is 1. The van der Waals surface area contributed by atoms with Gasteiger partial charge in [-0.15, -0.1) is 0 Å². The Morgan fingerprint density at radius 3 is 2.53 bits per heavy atom. The normalized spacial score (nSPS) is 12.4. The van der Waals surface area contributed by atoms with Crippen LogP contribution in [0.2, 0.25) is 0 Å². The molecule has 0 fully saturated rings. The fourth-order valence-electron chi connectivity index (χ4n) is 4.24. The summed E-state index contributed by atoms with van der Waals surface area (Å²) in [6.45, 7) is 0. The molecule has 30 heavy (non-hydrogen) atoms. The number of rotatable bonds is 2. The monoisotopic (exact) mass is 392 g/mol. The van der Waals surface area contributed by atoms with E-state index in [-0.39, 0.29) is 5.78 Å². The van der Waals surface area contributed by atoms with Gasteiger partial charge in [0.2, 0.25) is 5.95 Å². The Hall–Kier alpha value is -4.26. The molecule has 7 nitrogen and oxygen atoms in total. The third kappa shape index (κ3) is 2.14. The highest BCUT2D eigenvalue weighted by molar-refractivity contribution is 6.27. The number of nitrogens with two attached hydrogens (primary N) is 1. The number of hydrogen-bond acceptors (Lipinski definition) is 6. The van der Waals surface area contributed by atoms with Crippen LogP contribution >= 0.6 is 0 Å². The lowest BCUT2D eigenvalue weighted by molar-refractivity contribution is 0.104. The van der Waals surface area contributed by atoms with Crippen LogP contribution in [0.4, 0.5) is 17.5 Å². The van der Waals surface area contributed by atoms with Crippen molar-refractivity contribution in [2.45, 2.75) is 0 Å². The summed E-state index contributed by atoms with van der Waals surface area (Å²) in [7, 11) is 1.87. The Morgan fingerprint density at radius 2 is 1.70 bits per heavy atom. The van der Waals surface area contributed by atoms with Crippen LogP contribution < -0.4 is 11.1 Å². The third-order valence-electron chi connectivity index (χ3n) is 5.68. The molecule has 1 aliphatic rings. The van der Waals surface area contributed by atoms with E-state index in [4.69, 9.17) is 5.73 Å². The van der Waals surface area contributed by atoms with Crippen molar-refractivity contribution < 1.29 is 4.79 Å². The van der Waals surface area contributed by atoms with Crippen LogP contribution in [0.5, 0.6) is 0 Å². The molecule has 5 aromatic rings. The van der Waals surface area contributed by atoms with Gasteiger partial charge in [0.1, 0.15) is 6.33 Å². The minimum absolute atomic E-state index is 0.0478. The van der Waals surface area contributed by atoms with E-state index in [1.165, 1.54) is 6.33 Å². The molecule has 0 bridgehead atoms. The van der Waals surface area contributed by atoms with Crippen LogP contribution in [0.1, 0.15) is 15.9 Å². The predicted octanol–water partition coefficient (Wildman–Crippen LogP) is 4.05. The Bertz CT molecular complexity index is 1520. The van der Waals surface area contributed by atoms with Gasteiger partial charge in [-0.05, 0) is 17.2 Å². The van der Waals surface area contributed by atoms with Crippen LogP contribution in [-0.2, 0) is 7.05 Å². The van der Waals surface area contributed by atoms with Crippen LogP contribution in [-0.4, -0.2) is 25.3 Å². The highest BCUT2D eigenvalue weighted by Crippen LogP contribution is 2.42. The lowest BCUT2D eigenvalue weighted by Crippen LogP contribution is -2.10. The number of carbonyl (C=O) groups is 1. The van der Waals surface area contributed by atoms with Gasteiger partial charge in [-0.1, -0.05) is 48.5 Å². The van der Waals surface area contributed by atoms with Crippen LogP contribution in [0, 0.1) is 0 Å². The van der Waals surface area contributed by atoms with Gasteiger partial charge in [0.05, 0.1) is 0 Å².